The van der Waals surface area contributed by atoms with Crippen LogP contribution in [0.1, 0.15) is 9.99 Å². The molecule has 0 aromatic rings. The Morgan fingerprint density at radius 2 is 1.33 bits per heavy atom. The molecule has 0 N–H and O–H groups in total. The fourth-order valence-corrected chi connectivity index (χ4v) is 0. The van der Waals surface area contributed by atoms with Crippen molar-refractivity contribution in [3.63, 3.8) is 0 Å². The Balaban J connectivity index is -0.00000000286. The first-order valence-electron chi connectivity index (χ1n) is 0.667. The molecule has 0 aliphatic carbocycles. The quantitative estimate of drug-likeness (QED) is 0.303. The van der Waals surface area contributed by atoms with Gasteiger partial charge in [0.25, 0.3) is 0 Å². The average molecular weight is 176 g/mol. The van der Waals surface area contributed by atoms with Gasteiger partial charge in [0.1, 0.15) is 0 Å². The van der Waals surface area contributed by atoms with E-state index in [0.29, 0.717) is 0 Å². The van der Waals surface area contributed by atoms with Crippen molar-refractivity contribution in [1.29, 1.82) is 0 Å². The molecule has 0 aliphatic rings. The van der Waals surface area contributed by atoms with Crippen LogP contribution < -0.4 is 0 Å². The molecule has 0 aromatic heterocycles. The van der Waals surface area contributed by atoms with Gasteiger partial charge in [-0.15, -0.1) is 0 Å². The van der Waals surface area contributed by atoms with Crippen LogP contribution in [0.5, 0.6) is 0 Å². The molecular formula is H14O4SZn. The summed E-state index contributed by atoms with van der Waals surface area (Å²) in [5.41, 5.74) is 0. The van der Waals surface area contributed by atoms with Crippen LogP contribution in [0, 0.1) is 0 Å². The molecule has 4 nitrogen and oxygen atoms in total. The van der Waals surface area contributed by atoms with Crippen LogP contribution in [0.15, 0.2) is 0 Å². The van der Waals surface area contributed by atoms with E-state index in [1.807, 2.05) is 0 Å². The van der Waals surface area contributed by atoms with E-state index in [2.05, 4.69) is 0 Å². The standard InChI is InChI=1S/H2O4S.Zn.7H2/c1-5(2,3)4;;;;;;;;/h(H2,1,2,3,4);;7*1H/q;+2;;;;;;;/p-2. The zero-order valence-corrected chi connectivity index (χ0v) is 6.53. The minimum atomic E-state index is -5.17. The summed E-state index contributed by atoms with van der Waals surface area (Å²) < 4.78 is 34.1. The van der Waals surface area contributed by atoms with Crippen molar-refractivity contribution in [3.05, 3.63) is 0 Å². The first-order chi connectivity index (χ1) is 2.00. The van der Waals surface area contributed by atoms with Gasteiger partial charge in [-0.3, -0.25) is 8.42 Å². The Morgan fingerprint density at radius 1 is 1.33 bits per heavy atom. The Labute approximate surface area is 58.3 Å². The minimum absolute atomic E-state index is 0. The molecule has 0 fully saturated rings. The van der Waals surface area contributed by atoms with Gasteiger partial charge in [0.2, 0.25) is 0 Å². The molecule has 46 valence electrons. The minimum Gasteiger partial charge on any atom is -0.759 e. The van der Waals surface area contributed by atoms with Crippen molar-refractivity contribution in [1.82, 2.24) is 0 Å². The number of rotatable bonds is 0. The second kappa shape index (κ2) is 2.63. The summed E-state index contributed by atoms with van der Waals surface area (Å²) in [4.78, 5) is 0. The monoisotopic (exact) mass is 174 g/mol. The van der Waals surface area contributed by atoms with Gasteiger partial charge in [-0.25, -0.2) is 0 Å². The van der Waals surface area contributed by atoms with Crippen LogP contribution in [0.25, 0.3) is 0 Å². The van der Waals surface area contributed by atoms with E-state index in [4.69, 9.17) is 17.5 Å². The summed E-state index contributed by atoms with van der Waals surface area (Å²) in [5.74, 6) is 0. The predicted octanol–water partition coefficient (Wildman–Crippen LogP) is 0.382. The molecule has 0 amide bonds. The third-order valence-corrected chi connectivity index (χ3v) is 0. The van der Waals surface area contributed by atoms with Crippen LogP contribution in [0.3, 0.4) is 0 Å². The van der Waals surface area contributed by atoms with Crippen molar-refractivity contribution >= 4 is 10.4 Å². The van der Waals surface area contributed by atoms with Crippen LogP contribution in [-0.4, -0.2) is 17.5 Å². The molecule has 0 aliphatic heterocycles. The third kappa shape index (κ3) is 225. The van der Waals surface area contributed by atoms with Gasteiger partial charge < -0.3 is 9.11 Å². The summed E-state index contributed by atoms with van der Waals surface area (Å²) in [6, 6.07) is 0. The molecule has 0 unspecified atom stereocenters. The normalized spacial score (nSPS) is 9.67. The van der Waals surface area contributed by atoms with Crippen molar-refractivity contribution in [3.8, 4) is 0 Å². The van der Waals surface area contributed by atoms with Crippen LogP contribution in [0.4, 0.5) is 0 Å². The largest absolute Gasteiger partial charge is 2.00 e. The molecule has 0 atom stereocenters. The van der Waals surface area contributed by atoms with Gasteiger partial charge >= 0.3 is 19.5 Å². The second-order valence-corrected chi connectivity index (χ2v) is 1.22. The van der Waals surface area contributed by atoms with E-state index in [0.717, 1.165) is 0 Å². The Bertz CT molecular complexity index is 104. The number of hydrogen-bond acceptors (Lipinski definition) is 4. The molecule has 0 saturated carbocycles. The van der Waals surface area contributed by atoms with Crippen molar-refractivity contribution in [2.24, 2.45) is 0 Å². The van der Waals surface area contributed by atoms with Gasteiger partial charge in [-0.2, -0.15) is 0 Å². The summed E-state index contributed by atoms with van der Waals surface area (Å²) in [6.07, 6.45) is 0. The van der Waals surface area contributed by atoms with Gasteiger partial charge in [-0.1, -0.05) is 0 Å². The maximum absolute atomic E-state index is 8.52. The summed E-state index contributed by atoms with van der Waals surface area (Å²) >= 11 is 0. The van der Waals surface area contributed by atoms with Gasteiger partial charge in [0.05, 0.1) is 0 Å². The van der Waals surface area contributed by atoms with Crippen LogP contribution in [-0.2, 0) is 29.9 Å². The molecule has 0 saturated heterocycles. The first kappa shape index (κ1) is 9.71. The molecule has 0 spiro atoms. The average Bonchev–Trinajstić information content (AvgIpc) is 0.722. The van der Waals surface area contributed by atoms with E-state index >= 15 is 0 Å². The summed E-state index contributed by atoms with van der Waals surface area (Å²) in [7, 11) is -5.17. The van der Waals surface area contributed by atoms with Crippen LogP contribution >= 0.6 is 0 Å². The van der Waals surface area contributed by atoms with E-state index < -0.39 is 10.4 Å². The Hall–Kier alpha value is 0.493. The summed E-state index contributed by atoms with van der Waals surface area (Å²) in [5, 5.41) is 0. The third-order valence-electron chi connectivity index (χ3n) is 0. The molecule has 0 aromatic carbocycles. The zero-order valence-electron chi connectivity index (χ0n) is 2.75. The van der Waals surface area contributed by atoms with Gasteiger partial charge in [0.15, 0.2) is 0 Å². The smallest absolute Gasteiger partial charge is 0.759 e. The molecule has 0 radical (unpaired) electrons. The maximum Gasteiger partial charge on any atom is 2.00 e. The zero-order chi connectivity index (χ0) is 4.50. The molecule has 0 bridgehead atoms. The van der Waals surface area contributed by atoms with Crippen molar-refractivity contribution in [2.75, 3.05) is 0 Å². The summed E-state index contributed by atoms with van der Waals surface area (Å²) in [6.45, 7) is 0. The Morgan fingerprint density at radius 3 is 1.33 bits per heavy atom. The van der Waals surface area contributed by atoms with Gasteiger partial charge in [-0.05, 0) is 0 Å². The first-order valence-corrected chi connectivity index (χ1v) is 2.00. The molecular weight excluding hydrogens is 161 g/mol. The Kier molecular flexibility index (Phi) is 4.25. The molecule has 0 heterocycles. The fraction of sp³-hybridized carbons (Fsp3) is 0. The van der Waals surface area contributed by atoms with E-state index in [1.54, 1.807) is 0 Å². The number of hydrogen-bond donors (Lipinski definition) is 0. The molecule has 6 heteroatoms. The van der Waals surface area contributed by atoms with Crippen molar-refractivity contribution in [2.45, 2.75) is 0 Å². The predicted molar refractivity (Wildman–Crippen MR) is 25.3 cm³/mol. The topological polar surface area (TPSA) is 80.3 Å². The second-order valence-electron chi connectivity index (χ2n) is 0.408. The molecule has 6 heavy (non-hydrogen) atoms. The van der Waals surface area contributed by atoms with Gasteiger partial charge in [0, 0.05) is 20.4 Å². The van der Waals surface area contributed by atoms with E-state index in [1.165, 1.54) is 0 Å². The maximum atomic E-state index is 8.52. The SMILES string of the molecule is O=S(=O)([O-])[O-].[HH].[HH].[HH].[HH].[HH].[HH].[HH].[Zn+2]. The molecule has 0 rings (SSSR count). The van der Waals surface area contributed by atoms with E-state index in [-0.39, 0.29) is 29.5 Å². The van der Waals surface area contributed by atoms with Crippen molar-refractivity contribution < 1.29 is 47.0 Å². The fourth-order valence-electron chi connectivity index (χ4n) is 0. The van der Waals surface area contributed by atoms with Crippen LogP contribution in [0.2, 0.25) is 0 Å². The van der Waals surface area contributed by atoms with E-state index in [9.17, 15) is 0 Å².